The van der Waals surface area contributed by atoms with Crippen molar-refractivity contribution in [2.45, 2.75) is 20.8 Å². The Hall–Kier alpha value is -2.25. The van der Waals surface area contributed by atoms with Crippen molar-refractivity contribution in [2.24, 2.45) is 4.99 Å². The number of aliphatic imine (C=N–C) groups is 1. The highest BCUT2D eigenvalue weighted by molar-refractivity contribution is 8.85. The van der Waals surface area contributed by atoms with Crippen molar-refractivity contribution in [3.8, 4) is 5.75 Å². The normalized spacial score (nSPS) is 11.5. The van der Waals surface area contributed by atoms with Crippen molar-refractivity contribution in [3.63, 3.8) is 0 Å². The van der Waals surface area contributed by atoms with Gasteiger partial charge in [-0.1, -0.05) is 116 Å². The molecule has 0 aliphatic rings. The first-order chi connectivity index (χ1) is 16.3. The van der Waals surface area contributed by atoms with Crippen LogP contribution in [0.2, 0.25) is 0 Å². The minimum absolute atomic E-state index is 0.228. The second-order valence-corrected chi connectivity index (χ2v) is 12.1. The van der Waals surface area contributed by atoms with Gasteiger partial charge in [0.2, 0.25) is 0 Å². The quantitative estimate of drug-likeness (QED) is 0.0923. The average Bonchev–Trinajstić information content (AvgIpc) is 2.88. The van der Waals surface area contributed by atoms with E-state index < -0.39 is 0 Å². The van der Waals surface area contributed by atoms with Crippen LogP contribution in [0.25, 0.3) is 0 Å². The Labute approximate surface area is 211 Å². The molecule has 4 aromatic carbocycles. The van der Waals surface area contributed by atoms with Gasteiger partial charge in [-0.2, -0.15) is 0 Å². The molecule has 2 nitrogen and oxygen atoms in total. The van der Waals surface area contributed by atoms with Crippen LogP contribution < -0.4 is 4.74 Å². The van der Waals surface area contributed by atoms with E-state index in [1.165, 1.54) is 9.79 Å². The zero-order chi connectivity index (χ0) is 22.6. The van der Waals surface area contributed by atoms with Crippen molar-refractivity contribution in [2.75, 3.05) is 0 Å². The van der Waals surface area contributed by atoms with Crippen LogP contribution in [0.4, 0.5) is 5.69 Å². The van der Waals surface area contributed by atoms with E-state index in [1.54, 1.807) is 21.6 Å². The maximum absolute atomic E-state index is 6.26. The van der Waals surface area contributed by atoms with Gasteiger partial charge in [0.05, 0.1) is 10.3 Å². The van der Waals surface area contributed by atoms with Crippen LogP contribution in [-0.2, 0) is 0 Å². The standard InChI is InChI=1S/C27H23NOS4/c1-5-13-22(14-6-1)28-26(29-23-15-7-2-8-16-23)21-27(32-30-24-17-9-3-10-18-24)33-31-25-19-11-4-12-20-25/h1-20,27H,21H2. The van der Waals surface area contributed by atoms with E-state index >= 15 is 0 Å². The van der Waals surface area contributed by atoms with Gasteiger partial charge in [-0.25, -0.2) is 4.99 Å². The summed E-state index contributed by atoms with van der Waals surface area (Å²) >= 11 is 0. The first-order valence-electron chi connectivity index (χ1n) is 10.5. The lowest BCUT2D eigenvalue weighted by atomic mass is 10.3. The van der Waals surface area contributed by atoms with Crippen molar-refractivity contribution in [3.05, 3.63) is 121 Å². The Morgan fingerprint density at radius 1 is 0.606 bits per heavy atom. The molecule has 4 aromatic rings. The molecule has 0 N–H and O–H groups in total. The molecule has 33 heavy (non-hydrogen) atoms. The van der Waals surface area contributed by atoms with Crippen LogP contribution >= 0.6 is 43.2 Å². The fourth-order valence-corrected chi connectivity index (χ4v) is 8.55. The van der Waals surface area contributed by atoms with Crippen molar-refractivity contribution in [1.29, 1.82) is 0 Å². The van der Waals surface area contributed by atoms with Gasteiger partial charge in [-0.05, 0) is 48.5 Å². The van der Waals surface area contributed by atoms with Crippen LogP contribution in [0.3, 0.4) is 0 Å². The van der Waals surface area contributed by atoms with Gasteiger partial charge in [-0.15, -0.1) is 0 Å². The van der Waals surface area contributed by atoms with E-state index in [0.29, 0.717) is 12.3 Å². The van der Waals surface area contributed by atoms with Crippen LogP contribution in [0.5, 0.6) is 5.75 Å². The highest BCUT2D eigenvalue weighted by Crippen LogP contribution is 2.47. The highest BCUT2D eigenvalue weighted by Gasteiger charge is 2.18. The topological polar surface area (TPSA) is 21.6 Å². The molecule has 0 amide bonds. The van der Waals surface area contributed by atoms with E-state index in [0.717, 1.165) is 11.4 Å². The summed E-state index contributed by atoms with van der Waals surface area (Å²) in [4.78, 5) is 7.33. The molecule has 6 heteroatoms. The Morgan fingerprint density at radius 2 is 1.06 bits per heavy atom. The molecule has 0 aliphatic heterocycles. The van der Waals surface area contributed by atoms with Gasteiger partial charge < -0.3 is 4.74 Å². The number of benzene rings is 4. The molecule has 0 atom stereocenters. The van der Waals surface area contributed by atoms with Crippen LogP contribution in [0, 0.1) is 0 Å². The number of hydrogen-bond acceptors (Lipinski definition) is 6. The summed E-state index contributed by atoms with van der Waals surface area (Å²) in [5.41, 5.74) is 0.892. The third kappa shape index (κ3) is 8.55. The smallest absolute Gasteiger partial charge is 0.197 e. The predicted molar refractivity (Wildman–Crippen MR) is 149 cm³/mol. The molecule has 0 aromatic heterocycles. The second-order valence-electron chi connectivity index (χ2n) is 6.88. The molecule has 4 rings (SSSR count). The minimum Gasteiger partial charge on any atom is -0.443 e. The minimum atomic E-state index is 0.228. The molecule has 0 radical (unpaired) electrons. The van der Waals surface area contributed by atoms with Gasteiger partial charge in [-0.3, -0.25) is 0 Å². The summed E-state index contributed by atoms with van der Waals surface area (Å²) in [7, 11) is 7.26. The monoisotopic (exact) mass is 505 g/mol. The summed E-state index contributed by atoms with van der Waals surface area (Å²) < 4.78 is 6.49. The summed E-state index contributed by atoms with van der Waals surface area (Å²) in [5.74, 6) is 1.51. The van der Waals surface area contributed by atoms with Crippen LogP contribution in [0.15, 0.2) is 136 Å². The summed E-state index contributed by atoms with van der Waals surface area (Å²) in [6.07, 6.45) is 0.693. The molecule has 166 valence electrons. The zero-order valence-corrected chi connectivity index (χ0v) is 21.1. The van der Waals surface area contributed by atoms with E-state index in [-0.39, 0.29) is 4.58 Å². The molecular formula is C27H23NOS4. The SMILES string of the molecule is c1ccc(N=C(CC(SSc2ccccc2)SSc2ccccc2)Oc2ccccc2)cc1. The Morgan fingerprint density at radius 3 is 1.58 bits per heavy atom. The molecule has 0 spiro atoms. The second kappa shape index (κ2) is 13.5. The van der Waals surface area contributed by atoms with Crippen molar-refractivity contribution in [1.82, 2.24) is 0 Å². The lowest BCUT2D eigenvalue weighted by Gasteiger charge is -2.17. The number of para-hydroxylation sites is 2. The first-order valence-corrected chi connectivity index (χ1v) is 14.9. The van der Waals surface area contributed by atoms with E-state index in [2.05, 4.69) is 48.5 Å². The maximum Gasteiger partial charge on any atom is 0.197 e. The lowest BCUT2D eigenvalue weighted by molar-refractivity contribution is 0.535. The van der Waals surface area contributed by atoms with Gasteiger partial charge >= 0.3 is 0 Å². The highest BCUT2D eigenvalue weighted by atomic mass is 33.1. The number of rotatable bonds is 10. The van der Waals surface area contributed by atoms with Gasteiger partial charge in [0.15, 0.2) is 5.90 Å². The molecule has 0 aliphatic carbocycles. The third-order valence-electron chi connectivity index (χ3n) is 4.32. The maximum atomic E-state index is 6.26. The van der Waals surface area contributed by atoms with Gasteiger partial charge in [0.25, 0.3) is 0 Å². The molecule has 0 unspecified atom stereocenters. The van der Waals surface area contributed by atoms with Crippen LogP contribution in [0.1, 0.15) is 6.42 Å². The fraction of sp³-hybridized carbons (Fsp3) is 0.0741. The Balaban J connectivity index is 1.52. The molecular weight excluding hydrogens is 483 g/mol. The Kier molecular flexibility index (Phi) is 9.74. The third-order valence-corrected chi connectivity index (χ3v) is 10.6. The average molecular weight is 506 g/mol. The summed E-state index contributed by atoms with van der Waals surface area (Å²) in [6, 6.07) is 40.8. The van der Waals surface area contributed by atoms with Crippen molar-refractivity contribution >= 4 is 54.8 Å². The van der Waals surface area contributed by atoms with E-state index in [4.69, 9.17) is 9.73 Å². The summed E-state index contributed by atoms with van der Waals surface area (Å²) in [6.45, 7) is 0. The van der Waals surface area contributed by atoms with Gasteiger partial charge in [0, 0.05) is 16.2 Å². The van der Waals surface area contributed by atoms with Crippen LogP contribution in [-0.4, -0.2) is 10.5 Å². The van der Waals surface area contributed by atoms with Gasteiger partial charge in [0.1, 0.15) is 5.75 Å². The van der Waals surface area contributed by atoms with E-state index in [9.17, 15) is 0 Å². The largest absolute Gasteiger partial charge is 0.443 e. The molecule has 0 saturated heterocycles. The zero-order valence-electron chi connectivity index (χ0n) is 17.8. The fourth-order valence-electron chi connectivity index (χ4n) is 2.78. The molecule has 0 fully saturated rings. The lowest BCUT2D eigenvalue weighted by Crippen LogP contribution is -2.13. The number of nitrogens with zero attached hydrogens (tertiary/aromatic N) is 1. The van der Waals surface area contributed by atoms with E-state index in [1.807, 2.05) is 94.4 Å². The molecule has 0 heterocycles. The Bertz CT molecular complexity index is 1070. The number of hydrogen-bond donors (Lipinski definition) is 0. The first kappa shape index (κ1) is 23.9. The number of ether oxygens (including phenoxy) is 1. The predicted octanol–water partition coefficient (Wildman–Crippen LogP) is 9.39. The summed E-state index contributed by atoms with van der Waals surface area (Å²) in [5, 5.41) is 0. The molecule has 0 bridgehead atoms. The molecule has 0 saturated carbocycles. The van der Waals surface area contributed by atoms with Crippen molar-refractivity contribution < 1.29 is 4.74 Å².